The van der Waals surface area contributed by atoms with Gasteiger partial charge in [-0.15, -0.1) is 11.3 Å². The van der Waals surface area contributed by atoms with Crippen LogP contribution in [0.3, 0.4) is 0 Å². The van der Waals surface area contributed by atoms with Crippen molar-refractivity contribution in [2.45, 2.75) is 26.3 Å². The molecule has 128 valence electrons. The van der Waals surface area contributed by atoms with Gasteiger partial charge in [0.15, 0.2) is 0 Å². The zero-order chi connectivity index (χ0) is 17.2. The van der Waals surface area contributed by atoms with Gasteiger partial charge in [-0.25, -0.2) is 9.97 Å². The van der Waals surface area contributed by atoms with Crippen molar-refractivity contribution in [1.29, 1.82) is 0 Å². The van der Waals surface area contributed by atoms with E-state index in [2.05, 4.69) is 46.5 Å². The maximum absolute atomic E-state index is 12.6. The van der Waals surface area contributed by atoms with Gasteiger partial charge in [-0.05, 0) is 30.0 Å². The van der Waals surface area contributed by atoms with Gasteiger partial charge in [0.1, 0.15) is 17.0 Å². The standard InChI is InChI=1S/C19H20N4OS/c1-2-15-9-16-18(21-12-22-19(16)25-15)20-10-17(24)23-8-7-13-5-3-4-6-14(13)11-23/h3-6,9,12H,2,7-8,10-11H2,1H3,(H,20,21,22). The summed E-state index contributed by atoms with van der Waals surface area (Å²) in [6.07, 6.45) is 3.46. The number of hydrogen-bond acceptors (Lipinski definition) is 5. The maximum Gasteiger partial charge on any atom is 0.242 e. The third-order valence-electron chi connectivity index (χ3n) is 4.62. The lowest BCUT2D eigenvalue weighted by Gasteiger charge is -2.29. The van der Waals surface area contributed by atoms with Crippen molar-refractivity contribution in [1.82, 2.24) is 14.9 Å². The number of thiophene rings is 1. The molecule has 1 N–H and O–H groups in total. The Hall–Kier alpha value is -2.47. The molecular formula is C19H20N4OS. The molecule has 0 radical (unpaired) electrons. The summed E-state index contributed by atoms with van der Waals surface area (Å²) < 4.78 is 0. The molecule has 0 aliphatic carbocycles. The van der Waals surface area contributed by atoms with Crippen LogP contribution in [0.15, 0.2) is 36.7 Å². The molecule has 0 fully saturated rings. The lowest BCUT2D eigenvalue weighted by Crippen LogP contribution is -2.39. The number of hydrogen-bond donors (Lipinski definition) is 1. The minimum atomic E-state index is 0.104. The van der Waals surface area contributed by atoms with Crippen molar-refractivity contribution >= 4 is 33.3 Å². The van der Waals surface area contributed by atoms with Crippen molar-refractivity contribution in [3.63, 3.8) is 0 Å². The van der Waals surface area contributed by atoms with Crippen LogP contribution < -0.4 is 5.32 Å². The van der Waals surface area contributed by atoms with Gasteiger partial charge < -0.3 is 10.2 Å². The summed E-state index contributed by atoms with van der Waals surface area (Å²) in [7, 11) is 0. The van der Waals surface area contributed by atoms with Crippen LogP contribution in [-0.4, -0.2) is 33.9 Å². The molecule has 1 aliphatic heterocycles. The van der Waals surface area contributed by atoms with Crippen LogP contribution in [0, 0.1) is 0 Å². The predicted molar refractivity (Wildman–Crippen MR) is 101 cm³/mol. The Morgan fingerprint density at radius 1 is 1.28 bits per heavy atom. The summed E-state index contributed by atoms with van der Waals surface area (Å²) >= 11 is 1.68. The van der Waals surface area contributed by atoms with Crippen LogP contribution in [0.4, 0.5) is 5.82 Å². The number of carbonyl (C=O) groups excluding carboxylic acids is 1. The molecule has 4 rings (SSSR count). The number of nitrogens with zero attached hydrogens (tertiary/aromatic N) is 3. The fourth-order valence-corrected chi connectivity index (χ4v) is 4.14. The number of aromatic nitrogens is 2. The first-order valence-corrected chi connectivity index (χ1v) is 9.38. The van der Waals surface area contributed by atoms with E-state index in [0.717, 1.165) is 35.4 Å². The summed E-state index contributed by atoms with van der Waals surface area (Å²) in [4.78, 5) is 25.4. The minimum absolute atomic E-state index is 0.104. The van der Waals surface area contributed by atoms with Gasteiger partial charge in [-0.2, -0.15) is 0 Å². The quantitative estimate of drug-likeness (QED) is 0.783. The van der Waals surface area contributed by atoms with E-state index in [1.54, 1.807) is 17.7 Å². The molecule has 0 bridgehead atoms. The highest BCUT2D eigenvalue weighted by atomic mass is 32.1. The van der Waals surface area contributed by atoms with Gasteiger partial charge in [0.05, 0.1) is 11.9 Å². The molecule has 0 unspecified atom stereocenters. The molecule has 1 aliphatic rings. The SMILES string of the molecule is CCc1cc2c(NCC(=O)N3CCc4ccccc4C3)ncnc2s1. The van der Waals surface area contributed by atoms with E-state index in [9.17, 15) is 4.79 Å². The number of carbonyl (C=O) groups is 1. The molecule has 0 saturated heterocycles. The van der Waals surface area contributed by atoms with Gasteiger partial charge in [0.25, 0.3) is 0 Å². The van der Waals surface area contributed by atoms with Crippen molar-refractivity contribution in [2.75, 3.05) is 18.4 Å². The van der Waals surface area contributed by atoms with Gasteiger partial charge in [-0.1, -0.05) is 31.2 Å². The fourth-order valence-electron chi connectivity index (χ4n) is 3.20. The number of benzene rings is 1. The van der Waals surface area contributed by atoms with Crippen molar-refractivity contribution in [2.24, 2.45) is 0 Å². The van der Waals surface area contributed by atoms with Crippen molar-refractivity contribution in [3.8, 4) is 0 Å². The predicted octanol–water partition coefficient (Wildman–Crippen LogP) is 3.25. The second kappa shape index (κ2) is 6.80. The van der Waals surface area contributed by atoms with Crippen LogP contribution in [-0.2, 0) is 24.2 Å². The first-order chi connectivity index (χ1) is 12.2. The molecule has 0 atom stereocenters. The van der Waals surface area contributed by atoms with Crippen LogP contribution in [0.25, 0.3) is 10.2 Å². The molecule has 25 heavy (non-hydrogen) atoms. The number of aryl methyl sites for hydroxylation is 1. The molecule has 1 aromatic carbocycles. The van der Waals surface area contributed by atoms with Gasteiger partial charge >= 0.3 is 0 Å². The molecule has 0 spiro atoms. The third kappa shape index (κ3) is 3.22. The lowest BCUT2D eigenvalue weighted by atomic mass is 10.00. The number of anilines is 1. The molecule has 3 aromatic rings. The van der Waals surface area contributed by atoms with E-state index in [1.807, 2.05) is 11.0 Å². The second-order valence-corrected chi connectivity index (χ2v) is 7.31. The summed E-state index contributed by atoms with van der Waals surface area (Å²) in [6.45, 7) is 3.85. The lowest BCUT2D eigenvalue weighted by molar-refractivity contribution is -0.130. The minimum Gasteiger partial charge on any atom is -0.360 e. The van der Waals surface area contributed by atoms with Gasteiger partial charge in [-0.3, -0.25) is 4.79 Å². The number of fused-ring (bicyclic) bond motifs is 2. The Kier molecular flexibility index (Phi) is 4.36. The van der Waals surface area contributed by atoms with E-state index in [4.69, 9.17) is 0 Å². The highest BCUT2D eigenvalue weighted by Gasteiger charge is 2.20. The van der Waals surface area contributed by atoms with Gasteiger partial charge in [0, 0.05) is 18.0 Å². The summed E-state index contributed by atoms with van der Waals surface area (Å²) in [5, 5.41) is 4.21. The van der Waals surface area contributed by atoms with E-state index in [-0.39, 0.29) is 12.5 Å². The smallest absolute Gasteiger partial charge is 0.242 e. The normalized spacial score (nSPS) is 13.7. The topological polar surface area (TPSA) is 58.1 Å². The summed E-state index contributed by atoms with van der Waals surface area (Å²) in [5.41, 5.74) is 2.60. The Morgan fingerprint density at radius 2 is 2.12 bits per heavy atom. The van der Waals surface area contributed by atoms with Crippen molar-refractivity contribution < 1.29 is 4.79 Å². The third-order valence-corrected chi connectivity index (χ3v) is 5.81. The zero-order valence-corrected chi connectivity index (χ0v) is 15.0. The Balaban J connectivity index is 1.45. The zero-order valence-electron chi connectivity index (χ0n) is 14.2. The van der Waals surface area contributed by atoms with E-state index < -0.39 is 0 Å². The number of amides is 1. The first kappa shape index (κ1) is 16.0. The van der Waals surface area contributed by atoms with E-state index in [1.165, 1.54) is 16.0 Å². The summed E-state index contributed by atoms with van der Waals surface area (Å²) in [5.74, 6) is 0.846. The second-order valence-electron chi connectivity index (χ2n) is 6.19. The molecule has 5 nitrogen and oxygen atoms in total. The molecule has 2 aromatic heterocycles. The average Bonchev–Trinajstić information content (AvgIpc) is 3.09. The molecular weight excluding hydrogens is 332 g/mol. The molecule has 6 heteroatoms. The van der Waals surface area contributed by atoms with E-state index in [0.29, 0.717) is 6.54 Å². The average molecular weight is 352 g/mol. The molecule has 1 amide bonds. The van der Waals surface area contributed by atoms with Crippen LogP contribution >= 0.6 is 11.3 Å². The highest BCUT2D eigenvalue weighted by Crippen LogP contribution is 2.28. The Labute approximate surface area is 150 Å². The van der Waals surface area contributed by atoms with Gasteiger partial charge in [0.2, 0.25) is 5.91 Å². The van der Waals surface area contributed by atoms with Crippen LogP contribution in [0.5, 0.6) is 0 Å². The fraction of sp³-hybridized carbons (Fsp3) is 0.316. The Bertz CT molecular complexity index is 921. The van der Waals surface area contributed by atoms with Crippen molar-refractivity contribution in [3.05, 3.63) is 52.7 Å². The number of nitrogens with one attached hydrogen (secondary N) is 1. The largest absolute Gasteiger partial charge is 0.360 e. The Morgan fingerprint density at radius 3 is 2.96 bits per heavy atom. The van der Waals surface area contributed by atoms with E-state index >= 15 is 0 Å². The molecule has 0 saturated carbocycles. The van der Waals surface area contributed by atoms with Crippen LogP contribution in [0.2, 0.25) is 0 Å². The first-order valence-electron chi connectivity index (χ1n) is 8.56. The maximum atomic E-state index is 12.6. The number of rotatable bonds is 4. The monoisotopic (exact) mass is 352 g/mol. The van der Waals surface area contributed by atoms with Crippen LogP contribution in [0.1, 0.15) is 22.9 Å². The summed E-state index contributed by atoms with van der Waals surface area (Å²) in [6, 6.07) is 10.5. The highest BCUT2D eigenvalue weighted by molar-refractivity contribution is 7.18. The molecule has 3 heterocycles.